The van der Waals surface area contributed by atoms with Crippen molar-refractivity contribution in [3.8, 4) is 0 Å². The van der Waals surface area contributed by atoms with E-state index in [1.165, 1.54) is 0 Å². The molecule has 1 aromatic rings. The van der Waals surface area contributed by atoms with Gasteiger partial charge >= 0.3 is 0 Å². The second kappa shape index (κ2) is 6.70. The van der Waals surface area contributed by atoms with Gasteiger partial charge in [0.15, 0.2) is 0 Å². The lowest BCUT2D eigenvalue weighted by Crippen LogP contribution is -2.52. The van der Waals surface area contributed by atoms with E-state index < -0.39 is 21.4 Å². The number of nitrogens with one attached hydrogen (secondary N) is 1. The van der Waals surface area contributed by atoms with Crippen molar-refractivity contribution in [3.05, 3.63) is 27.4 Å². The molecule has 0 atom stereocenters. The Morgan fingerprint density at radius 1 is 1.40 bits per heavy atom. The first kappa shape index (κ1) is 17.8. The minimum Gasteiger partial charge on any atom is -0.329 e. The Morgan fingerprint density at radius 2 is 1.95 bits per heavy atom. The molecule has 0 aliphatic heterocycles. The molecule has 20 heavy (non-hydrogen) atoms. The van der Waals surface area contributed by atoms with E-state index in [-0.39, 0.29) is 20.9 Å². The third-order valence-corrected chi connectivity index (χ3v) is 6.30. The molecule has 0 fully saturated rings. The van der Waals surface area contributed by atoms with E-state index >= 15 is 0 Å². The summed E-state index contributed by atoms with van der Waals surface area (Å²) < 4.78 is 40.8. The molecule has 0 heterocycles. The van der Waals surface area contributed by atoms with E-state index in [1.54, 1.807) is 0 Å². The lowest BCUT2D eigenvalue weighted by atomic mass is 9.95. The van der Waals surface area contributed by atoms with Gasteiger partial charge in [-0.3, -0.25) is 0 Å². The first-order valence-electron chi connectivity index (χ1n) is 6.10. The van der Waals surface area contributed by atoms with Gasteiger partial charge in [-0.1, -0.05) is 25.4 Å². The second-order valence-corrected chi connectivity index (χ2v) is 7.38. The highest BCUT2D eigenvalue weighted by molar-refractivity contribution is 9.10. The Balaban J connectivity index is 3.32. The monoisotopic (exact) mass is 386 g/mol. The summed E-state index contributed by atoms with van der Waals surface area (Å²) in [4.78, 5) is -0.180. The molecule has 0 saturated carbocycles. The third-order valence-electron chi connectivity index (χ3n) is 3.33. The van der Waals surface area contributed by atoms with Crippen molar-refractivity contribution in [2.75, 3.05) is 6.54 Å². The first-order chi connectivity index (χ1) is 9.21. The van der Waals surface area contributed by atoms with Crippen LogP contribution in [0.5, 0.6) is 0 Å². The highest BCUT2D eigenvalue weighted by Crippen LogP contribution is 2.32. The summed E-state index contributed by atoms with van der Waals surface area (Å²) in [7, 11) is -3.91. The Kier molecular flexibility index (Phi) is 5.98. The van der Waals surface area contributed by atoms with E-state index in [2.05, 4.69) is 20.7 Å². The van der Waals surface area contributed by atoms with Crippen molar-refractivity contribution in [2.24, 2.45) is 5.73 Å². The highest BCUT2D eigenvalue weighted by Gasteiger charge is 2.33. The van der Waals surface area contributed by atoms with Gasteiger partial charge in [0.2, 0.25) is 10.0 Å². The third kappa shape index (κ3) is 3.71. The molecule has 8 heteroatoms. The maximum atomic E-state index is 13.2. The van der Waals surface area contributed by atoms with Gasteiger partial charge < -0.3 is 5.73 Å². The Bertz CT molecular complexity index is 560. The average molecular weight is 388 g/mol. The zero-order chi connectivity index (χ0) is 15.6. The summed E-state index contributed by atoms with van der Waals surface area (Å²) in [6.07, 6.45) is 1.07. The molecule has 0 aromatic heterocycles. The highest BCUT2D eigenvalue weighted by atomic mass is 79.9. The molecule has 1 aromatic carbocycles. The molecule has 114 valence electrons. The molecule has 3 N–H and O–H groups in total. The van der Waals surface area contributed by atoms with Crippen molar-refractivity contribution in [2.45, 2.75) is 37.1 Å². The van der Waals surface area contributed by atoms with Gasteiger partial charge in [-0.2, -0.15) is 0 Å². The summed E-state index contributed by atoms with van der Waals surface area (Å²) >= 11 is 8.89. The summed E-state index contributed by atoms with van der Waals surface area (Å²) in [5.41, 5.74) is 4.94. The normalized spacial score (nSPS) is 12.7. The van der Waals surface area contributed by atoms with Crippen molar-refractivity contribution >= 4 is 37.6 Å². The number of hydrogen-bond acceptors (Lipinski definition) is 3. The van der Waals surface area contributed by atoms with Crippen LogP contribution in [0.1, 0.15) is 26.7 Å². The summed E-state index contributed by atoms with van der Waals surface area (Å²) in [5, 5.41) is -0.178. The molecule has 0 amide bonds. The predicted molar refractivity (Wildman–Crippen MR) is 81.8 cm³/mol. The van der Waals surface area contributed by atoms with E-state index in [4.69, 9.17) is 17.3 Å². The topological polar surface area (TPSA) is 72.2 Å². The maximum absolute atomic E-state index is 13.2. The number of hydrogen-bond donors (Lipinski definition) is 2. The van der Waals surface area contributed by atoms with Gasteiger partial charge in [-0.05, 0) is 40.9 Å². The largest absolute Gasteiger partial charge is 0.329 e. The Hall–Kier alpha value is -0.210. The van der Waals surface area contributed by atoms with E-state index in [9.17, 15) is 12.8 Å². The van der Waals surface area contributed by atoms with Crippen LogP contribution < -0.4 is 10.5 Å². The number of rotatable bonds is 6. The van der Waals surface area contributed by atoms with Crippen LogP contribution in [0.25, 0.3) is 0 Å². The fourth-order valence-corrected chi connectivity index (χ4v) is 5.22. The van der Waals surface area contributed by atoms with Crippen LogP contribution in [0.4, 0.5) is 4.39 Å². The van der Waals surface area contributed by atoms with Gasteiger partial charge in [0, 0.05) is 16.6 Å². The molecule has 4 nitrogen and oxygen atoms in total. The summed E-state index contributed by atoms with van der Waals surface area (Å²) in [5.74, 6) is -0.614. The minimum absolute atomic E-state index is 0.0770. The molecule has 0 radical (unpaired) electrons. The van der Waals surface area contributed by atoms with Crippen LogP contribution >= 0.6 is 27.5 Å². The van der Waals surface area contributed by atoms with Crippen LogP contribution in [-0.2, 0) is 10.0 Å². The lowest BCUT2D eigenvalue weighted by Gasteiger charge is -2.31. The smallest absolute Gasteiger partial charge is 0.243 e. The van der Waals surface area contributed by atoms with Gasteiger partial charge in [0.1, 0.15) is 10.7 Å². The molecule has 0 unspecified atom stereocenters. The molecule has 0 aliphatic rings. The van der Waals surface area contributed by atoms with Crippen LogP contribution in [0.15, 0.2) is 21.5 Å². The first-order valence-corrected chi connectivity index (χ1v) is 8.75. The number of sulfonamides is 1. The van der Waals surface area contributed by atoms with Crippen molar-refractivity contribution in [1.82, 2.24) is 4.72 Å². The fraction of sp³-hybridized carbons (Fsp3) is 0.500. The molecule has 0 aliphatic carbocycles. The molecular formula is C12H17BrClFN2O2S. The van der Waals surface area contributed by atoms with Crippen LogP contribution in [0.2, 0.25) is 5.02 Å². The van der Waals surface area contributed by atoms with E-state index in [0.29, 0.717) is 12.8 Å². The number of halogens is 3. The van der Waals surface area contributed by atoms with E-state index in [0.717, 1.165) is 12.1 Å². The zero-order valence-corrected chi connectivity index (χ0v) is 14.4. The molecular weight excluding hydrogens is 371 g/mol. The SMILES string of the molecule is CCC(CC)(CN)NS(=O)(=O)c1c(Cl)cc(F)cc1Br. The molecule has 0 spiro atoms. The Morgan fingerprint density at radius 3 is 2.35 bits per heavy atom. The van der Waals surface area contributed by atoms with Gasteiger partial charge in [0.05, 0.1) is 5.02 Å². The average Bonchev–Trinajstić information content (AvgIpc) is 2.34. The molecule has 0 bridgehead atoms. The Labute approximate surface area is 132 Å². The zero-order valence-electron chi connectivity index (χ0n) is 11.2. The number of nitrogens with two attached hydrogens (primary N) is 1. The fourth-order valence-electron chi connectivity index (χ4n) is 1.85. The molecule has 1 rings (SSSR count). The quantitative estimate of drug-likeness (QED) is 0.788. The van der Waals surface area contributed by atoms with Gasteiger partial charge in [0.25, 0.3) is 0 Å². The van der Waals surface area contributed by atoms with Crippen LogP contribution in [0, 0.1) is 5.82 Å². The predicted octanol–water partition coefficient (Wildman–Crippen LogP) is 3.04. The van der Waals surface area contributed by atoms with Gasteiger partial charge in [-0.15, -0.1) is 0 Å². The van der Waals surface area contributed by atoms with Crippen LogP contribution in [-0.4, -0.2) is 20.5 Å². The number of benzene rings is 1. The van der Waals surface area contributed by atoms with Crippen LogP contribution in [0.3, 0.4) is 0 Å². The summed E-state index contributed by atoms with van der Waals surface area (Å²) in [6.45, 7) is 3.86. The van der Waals surface area contributed by atoms with E-state index in [1.807, 2.05) is 13.8 Å². The molecule has 0 saturated heterocycles. The standard InChI is InChI=1S/C12H17BrClFN2O2S/c1-3-12(4-2,7-16)17-20(18,19)11-9(13)5-8(15)6-10(11)14/h5-6,17H,3-4,7,16H2,1-2H3. The van der Waals surface area contributed by atoms with Gasteiger partial charge in [-0.25, -0.2) is 17.5 Å². The van der Waals surface area contributed by atoms with Crippen molar-refractivity contribution in [3.63, 3.8) is 0 Å². The minimum atomic E-state index is -3.91. The maximum Gasteiger partial charge on any atom is 0.243 e. The second-order valence-electron chi connectivity index (χ2n) is 4.50. The van der Waals surface area contributed by atoms with Crippen molar-refractivity contribution < 1.29 is 12.8 Å². The van der Waals surface area contributed by atoms with Crippen molar-refractivity contribution in [1.29, 1.82) is 0 Å². The summed E-state index contributed by atoms with van der Waals surface area (Å²) in [6, 6.07) is 2.02. The lowest BCUT2D eigenvalue weighted by molar-refractivity contribution is 0.363.